The van der Waals surface area contributed by atoms with E-state index in [9.17, 15) is 9.59 Å². The molecule has 0 spiro atoms. The van der Waals surface area contributed by atoms with Crippen molar-refractivity contribution in [1.82, 2.24) is 19.9 Å². The molecule has 0 saturated heterocycles. The number of pyridine rings is 1. The number of ether oxygens (including phenoxy) is 2. The Balaban J connectivity index is 2.09. The van der Waals surface area contributed by atoms with Crippen LogP contribution in [0.3, 0.4) is 0 Å². The highest BCUT2D eigenvalue weighted by atomic mass is 16.6. The van der Waals surface area contributed by atoms with Crippen LogP contribution in [0.1, 0.15) is 46.5 Å². The number of benzene rings is 1. The van der Waals surface area contributed by atoms with Crippen molar-refractivity contribution in [2.24, 2.45) is 0 Å². The zero-order valence-corrected chi connectivity index (χ0v) is 17.8. The molecule has 158 valence electrons. The number of amides is 1. The molecular weight excluding hydrogens is 384 g/mol. The van der Waals surface area contributed by atoms with E-state index in [1.54, 1.807) is 70.3 Å². The fraction of sp³-hybridized carbons (Fsp3) is 0.364. The molecule has 3 rings (SSSR count). The summed E-state index contributed by atoms with van der Waals surface area (Å²) in [7, 11) is 0. The van der Waals surface area contributed by atoms with Gasteiger partial charge in [-0.05, 0) is 71.0 Å². The van der Waals surface area contributed by atoms with Crippen LogP contribution >= 0.6 is 0 Å². The SMILES string of the molecule is CCOc1ccc(-n2c([C@@H](C)NC(=O)OC(C)(C)C)nc3ncccc3c2=O)cc1. The van der Waals surface area contributed by atoms with E-state index >= 15 is 0 Å². The fourth-order valence-electron chi connectivity index (χ4n) is 2.98. The normalized spacial score (nSPS) is 12.4. The topological polar surface area (TPSA) is 95.3 Å². The lowest BCUT2D eigenvalue weighted by Crippen LogP contribution is -2.37. The van der Waals surface area contributed by atoms with E-state index in [0.717, 1.165) is 0 Å². The number of carbonyl (C=O) groups excluding carboxylic acids is 1. The predicted molar refractivity (Wildman–Crippen MR) is 114 cm³/mol. The van der Waals surface area contributed by atoms with E-state index in [2.05, 4.69) is 15.3 Å². The second-order valence-corrected chi connectivity index (χ2v) is 7.78. The van der Waals surface area contributed by atoms with Gasteiger partial charge in [0.1, 0.15) is 17.2 Å². The molecule has 8 nitrogen and oxygen atoms in total. The Morgan fingerprint density at radius 1 is 1.20 bits per heavy atom. The highest BCUT2D eigenvalue weighted by Crippen LogP contribution is 2.20. The molecule has 0 aliphatic heterocycles. The average Bonchev–Trinajstić information content (AvgIpc) is 2.67. The molecular formula is C22H26N4O4. The van der Waals surface area contributed by atoms with Crippen LogP contribution in [0.15, 0.2) is 47.4 Å². The summed E-state index contributed by atoms with van der Waals surface area (Å²) in [5.74, 6) is 1.05. The van der Waals surface area contributed by atoms with Crippen molar-refractivity contribution >= 4 is 17.1 Å². The predicted octanol–water partition coefficient (Wildman–Crippen LogP) is 3.77. The summed E-state index contributed by atoms with van der Waals surface area (Å²) >= 11 is 0. The molecule has 0 unspecified atom stereocenters. The Morgan fingerprint density at radius 3 is 2.53 bits per heavy atom. The highest BCUT2D eigenvalue weighted by Gasteiger charge is 2.23. The molecule has 30 heavy (non-hydrogen) atoms. The van der Waals surface area contributed by atoms with Gasteiger partial charge in [-0.2, -0.15) is 0 Å². The van der Waals surface area contributed by atoms with Gasteiger partial charge in [-0.25, -0.2) is 14.8 Å². The van der Waals surface area contributed by atoms with Gasteiger partial charge in [-0.1, -0.05) is 0 Å². The molecule has 0 bridgehead atoms. The lowest BCUT2D eigenvalue weighted by Gasteiger charge is -2.23. The zero-order valence-electron chi connectivity index (χ0n) is 17.8. The Kier molecular flexibility index (Phi) is 6.05. The number of fused-ring (bicyclic) bond motifs is 1. The first kappa shape index (κ1) is 21.3. The van der Waals surface area contributed by atoms with E-state index in [-0.39, 0.29) is 5.56 Å². The van der Waals surface area contributed by atoms with Crippen molar-refractivity contribution in [3.63, 3.8) is 0 Å². The molecule has 2 aromatic heterocycles. The van der Waals surface area contributed by atoms with Crippen LogP contribution in [0.25, 0.3) is 16.7 Å². The number of hydrogen-bond acceptors (Lipinski definition) is 6. The van der Waals surface area contributed by atoms with Gasteiger partial charge in [0.15, 0.2) is 5.65 Å². The van der Waals surface area contributed by atoms with Crippen molar-refractivity contribution in [3.8, 4) is 11.4 Å². The summed E-state index contributed by atoms with van der Waals surface area (Å²) in [5.41, 5.74) is 0.00824. The van der Waals surface area contributed by atoms with Crippen LogP contribution in [0.5, 0.6) is 5.75 Å². The summed E-state index contributed by atoms with van der Waals surface area (Å²) in [6.45, 7) is 9.54. The molecule has 0 aliphatic carbocycles. The first-order valence-electron chi connectivity index (χ1n) is 9.80. The van der Waals surface area contributed by atoms with Gasteiger partial charge in [0, 0.05) is 6.20 Å². The number of carbonyl (C=O) groups is 1. The lowest BCUT2D eigenvalue weighted by molar-refractivity contribution is 0.0505. The van der Waals surface area contributed by atoms with E-state index in [1.807, 2.05) is 6.92 Å². The van der Waals surface area contributed by atoms with Crippen molar-refractivity contribution in [2.45, 2.75) is 46.3 Å². The van der Waals surface area contributed by atoms with Gasteiger partial charge >= 0.3 is 6.09 Å². The number of hydrogen-bond donors (Lipinski definition) is 1. The van der Waals surface area contributed by atoms with E-state index in [4.69, 9.17) is 9.47 Å². The van der Waals surface area contributed by atoms with Crippen molar-refractivity contribution in [2.75, 3.05) is 6.61 Å². The zero-order chi connectivity index (χ0) is 21.9. The third-order valence-corrected chi connectivity index (χ3v) is 4.20. The van der Waals surface area contributed by atoms with E-state index in [0.29, 0.717) is 34.9 Å². The second-order valence-electron chi connectivity index (χ2n) is 7.78. The summed E-state index contributed by atoms with van der Waals surface area (Å²) in [4.78, 5) is 34.3. The molecule has 0 saturated carbocycles. The van der Waals surface area contributed by atoms with Crippen LogP contribution in [-0.4, -0.2) is 32.8 Å². The quantitative estimate of drug-likeness (QED) is 0.688. The smallest absolute Gasteiger partial charge is 0.408 e. The van der Waals surface area contributed by atoms with Crippen LogP contribution in [-0.2, 0) is 4.74 Å². The molecule has 1 aromatic carbocycles. The molecule has 3 aromatic rings. The molecule has 2 heterocycles. The van der Waals surface area contributed by atoms with E-state index in [1.165, 1.54) is 4.57 Å². The fourth-order valence-corrected chi connectivity index (χ4v) is 2.98. The number of rotatable bonds is 5. The van der Waals surface area contributed by atoms with Gasteiger partial charge < -0.3 is 14.8 Å². The molecule has 0 radical (unpaired) electrons. The maximum Gasteiger partial charge on any atom is 0.408 e. The van der Waals surface area contributed by atoms with Gasteiger partial charge in [0.05, 0.1) is 23.7 Å². The van der Waals surface area contributed by atoms with Crippen LogP contribution in [0.2, 0.25) is 0 Å². The molecule has 1 atom stereocenters. The minimum Gasteiger partial charge on any atom is -0.494 e. The minimum atomic E-state index is -0.642. The molecule has 1 amide bonds. The van der Waals surface area contributed by atoms with Crippen LogP contribution in [0, 0.1) is 0 Å². The van der Waals surface area contributed by atoms with Gasteiger partial charge in [0.25, 0.3) is 5.56 Å². The highest BCUT2D eigenvalue weighted by molar-refractivity contribution is 5.74. The number of nitrogens with one attached hydrogen (secondary N) is 1. The molecule has 8 heteroatoms. The Morgan fingerprint density at radius 2 is 1.90 bits per heavy atom. The largest absolute Gasteiger partial charge is 0.494 e. The summed E-state index contributed by atoms with van der Waals surface area (Å²) in [6.07, 6.45) is 0.981. The first-order valence-corrected chi connectivity index (χ1v) is 9.80. The van der Waals surface area contributed by atoms with Crippen LogP contribution in [0.4, 0.5) is 4.79 Å². The van der Waals surface area contributed by atoms with Crippen molar-refractivity contribution in [1.29, 1.82) is 0 Å². The number of aromatic nitrogens is 3. The Bertz CT molecular complexity index is 1100. The monoisotopic (exact) mass is 410 g/mol. The molecule has 0 aliphatic rings. The van der Waals surface area contributed by atoms with Crippen LogP contribution < -0.4 is 15.6 Å². The number of alkyl carbamates (subject to hydrolysis) is 1. The van der Waals surface area contributed by atoms with Gasteiger partial charge in [0.2, 0.25) is 0 Å². The average molecular weight is 410 g/mol. The molecule has 0 fully saturated rings. The summed E-state index contributed by atoms with van der Waals surface area (Å²) in [5, 5.41) is 3.14. The number of nitrogens with zero attached hydrogens (tertiary/aromatic N) is 3. The Labute approximate surface area is 174 Å². The standard InChI is InChI=1S/C22H26N4O4/c1-6-29-16-11-9-15(10-12-16)26-19(14(2)24-21(28)30-22(3,4)5)25-18-17(20(26)27)8-7-13-23-18/h7-14H,6H2,1-5H3,(H,24,28)/t14-/m1/s1. The third-order valence-electron chi connectivity index (χ3n) is 4.20. The van der Waals surface area contributed by atoms with Gasteiger partial charge in [-0.3, -0.25) is 9.36 Å². The van der Waals surface area contributed by atoms with Crippen molar-refractivity contribution < 1.29 is 14.3 Å². The molecule has 1 N–H and O–H groups in total. The summed E-state index contributed by atoms with van der Waals surface area (Å²) in [6, 6.07) is 9.89. The van der Waals surface area contributed by atoms with E-state index < -0.39 is 17.7 Å². The minimum absolute atomic E-state index is 0.273. The van der Waals surface area contributed by atoms with Gasteiger partial charge in [-0.15, -0.1) is 0 Å². The first-order chi connectivity index (χ1) is 14.2. The summed E-state index contributed by atoms with van der Waals surface area (Å²) < 4.78 is 12.3. The lowest BCUT2D eigenvalue weighted by atomic mass is 10.2. The second kappa shape index (κ2) is 8.52. The maximum atomic E-state index is 13.3. The third kappa shape index (κ3) is 4.76. The van der Waals surface area contributed by atoms with Crippen molar-refractivity contribution in [3.05, 3.63) is 58.8 Å². The Hall–Kier alpha value is -3.42. The maximum absolute atomic E-state index is 13.3.